The van der Waals surface area contributed by atoms with Crippen LogP contribution in [0.1, 0.15) is 12.8 Å². The Balaban J connectivity index is 1.79. The van der Waals surface area contributed by atoms with Crippen molar-refractivity contribution < 1.29 is 23.5 Å². The van der Waals surface area contributed by atoms with Gasteiger partial charge < -0.3 is 9.47 Å². The van der Waals surface area contributed by atoms with E-state index < -0.39 is 17.8 Å². The van der Waals surface area contributed by atoms with Crippen molar-refractivity contribution in [2.24, 2.45) is 0 Å². The van der Waals surface area contributed by atoms with Gasteiger partial charge in [0.1, 0.15) is 17.3 Å². The molecule has 114 valence electrons. The number of ether oxygens (including phenoxy) is 2. The van der Waals surface area contributed by atoms with Crippen LogP contribution in [0.15, 0.2) is 48.5 Å². The molecule has 0 bridgehead atoms. The standard InChI is InChI=1S/C16H12ClFO4/c17-11-3-1-5-13(9-11)21-15(19)7-8-16(20)22-14-6-2-4-12(18)10-14/h1-6,9-10H,7-8H2. The summed E-state index contributed by atoms with van der Waals surface area (Å²) in [4.78, 5) is 23.2. The number of benzene rings is 2. The predicted molar refractivity (Wildman–Crippen MR) is 78.4 cm³/mol. The predicted octanol–water partition coefficient (Wildman–Crippen LogP) is 3.77. The maximum Gasteiger partial charge on any atom is 0.311 e. The minimum Gasteiger partial charge on any atom is -0.426 e. The van der Waals surface area contributed by atoms with Crippen LogP contribution in [-0.2, 0) is 9.59 Å². The van der Waals surface area contributed by atoms with E-state index in [9.17, 15) is 14.0 Å². The van der Waals surface area contributed by atoms with Gasteiger partial charge in [-0.3, -0.25) is 9.59 Å². The number of carbonyl (C=O) groups is 2. The molecule has 0 aliphatic heterocycles. The fraction of sp³-hybridized carbons (Fsp3) is 0.125. The molecule has 0 aliphatic rings. The summed E-state index contributed by atoms with van der Waals surface area (Å²) in [6.07, 6.45) is -0.323. The Morgan fingerprint density at radius 1 is 0.909 bits per heavy atom. The molecule has 0 heterocycles. The maximum absolute atomic E-state index is 12.9. The Bertz CT molecular complexity index is 628. The van der Waals surface area contributed by atoms with Gasteiger partial charge >= 0.3 is 11.9 Å². The molecule has 4 nitrogen and oxygen atoms in total. The van der Waals surface area contributed by atoms with Gasteiger partial charge in [0.25, 0.3) is 0 Å². The molecule has 0 atom stereocenters. The number of rotatable bonds is 5. The Morgan fingerprint density at radius 3 is 2.00 bits per heavy atom. The lowest BCUT2D eigenvalue weighted by atomic mass is 10.3. The number of esters is 2. The Kier molecular flexibility index (Phi) is 5.49. The van der Waals surface area contributed by atoms with Crippen LogP contribution < -0.4 is 9.47 Å². The molecule has 0 spiro atoms. The average molecular weight is 323 g/mol. The fourth-order valence-electron chi connectivity index (χ4n) is 1.63. The van der Waals surface area contributed by atoms with Crippen molar-refractivity contribution in [1.29, 1.82) is 0 Å². The van der Waals surface area contributed by atoms with Crippen LogP contribution in [0.5, 0.6) is 11.5 Å². The third-order valence-corrected chi connectivity index (χ3v) is 2.82. The highest BCUT2D eigenvalue weighted by Crippen LogP contribution is 2.18. The van der Waals surface area contributed by atoms with Gasteiger partial charge in [0.15, 0.2) is 0 Å². The Hall–Kier alpha value is -2.40. The lowest BCUT2D eigenvalue weighted by Crippen LogP contribution is -2.14. The highest BCUT2D eigenvalue weighted by atomic mass is 35.5. The summed E-state index contributed by atoms with van der Waals surface area (Å²) in [7, 11) is 0. The molecule has 0 aromatic heterocycles. The minimum absolute atomic E-state index is 0.0909. The molecule has 0 unspecified atom stereocenters. The molecular weight excluding hydrogens is 311 g/mol. The summed E-state index contributed by atoms with van der Waals surface area (Å²) in [6.45, 7) is 0. The zero-order chi connectivity index (χ0) is 15.9. The van der Waals surface area contributed by atoms with E-state index in [1.165, 1.54) is 24.3 Å². The van der Waals surface area contributed by atoms with Gasteiger partial charge in [-0.2, -0.15) is 0 Å². The monoisotopic (exact) mass is 322 g/mol. The minimum atomic E-state index is -0.645. The van der Waals surface area contributed by atoms with E-state index >= 15 is 0 Å². The summed E-state index contributed by atoms with van der Waals surface area (Å²) in [5, 5.41) is 0.441. The zero-order valence-corrected chi connectivity index (χ0v) is 12.2. The summed E-state index contributed by atoms with van der Waals surface area (Å²) in [5.74, 6) is -1.35. The first-order valence-corrected chi connectivity index (χ1v) is 6.83. The SMILES string of the molecule is O=C(CCC(=O)Oc1cccc(Cl)c1)Oc1cccc(F)c1. The van der Waals surface area contributed by atoms with E-state index in [4.69, 9.17) is 21.1 Å². The van der Waals surface area contributed by atoms with Crippen molar-refractivity contribution >= 4 is 23.5 Å². The Morgan fingerprint density at radius 2 is 1.45 bits per heavy atom. The van der Waals surface area contributed by atoms with E-state index in [-0.39, 0.29) is 18.6 Å². The van der Waals surface area contributed by atoms with E-state index in [2.05, 4.69) is 0 Å². The van der Waals surface area contributed by atoms with Crippen molar-refractivity contribution in [2.45, 2.75) is 12.8 Å². The van der Waals surface area contributed by atoms with Crippen molar-refractivity contribution in [3.05, 3.63) is 59.4 Å². The van der Waals surface area contributed by atoms with Crippen LogP contribution in [0, 0.1) is 5.82 Å². The van der Waals surface area contributed by atoms with Crippen LogP contribution in [0.3, 0.4) is 0 Å². The van der Waals surface area contributed by atoms with Crippen LogP contribution in [-0.4, -0.2) is 11.9 Å². The Labute approximate surface area is 131 Å². The van der Waals surface area contributed by atoms with Gasteiger partial charge in [-0.1, -0.05) is 23.7 Å². The topological polar surface area (TPSA) is 52.6 Å². The molecule has 0 N–H and O–H groups in total. The third-order valence-electron chi connectivity index (χ3n) is 2.59. The quantitative estimate of drug-likeness (QED) is 0.621. The summed E-state index contributed by atoms with van der Waals surface area (Å²) in [6, 6.07) is 11.6. The fourth-order valence-corrected chi connectivity index (χ4v) is 1.81. The van der Waals surface area contributed by atoms with Crippen molar-refractivity contribution in [3.8, 4) is 11.5 Å². The van der Waals surface area contributed by atoms with Crippen LogP contribution in [0.25, 0.3) is 0 Å². The van der Waals surface area contributed by atoms with Crippen LogP contribution in [0.4, 0.5) is 4.39 Å². The molecule has 0 radical (unpaired) electrons. The van der Waals surface area contributed by atoms with E-state index in [0.29, 0.717) is 10.8 Å². The van der Waals surface area contributed by atoms with E-state index in [1.54, 1.807) is 18.2 Å². The first-order chi connectivity index (χ1) is 10.5. The van der Waals surface area contributed by atoms with E-state index in [0.717, 1.165) is 6.07 Å². The summed E-state index contributed by atoms with van der Waals surface area (Å²) in [5.41, 5.74) is 0. The zero-order valence-electron chi connectivity index (χ0n) is 11.4. The highest BCUT2D eigenvalue weighted by Gasteiger charge is 2.11. The molecule has 0 saturated heterocycles. The summed E-state index contributed by atoms with van der Waals surface area (Å²) >= 11 is 5.76. The second-order valence-corrected chi connectivity index (χ2v) is 4.80. The smallest absolute Gasteiger partial charge is 0.311 e. The molecule has 22 heavy (non-hydrogen) atoms. The molecule has 2 aromatic carbocycles. The average Bonchev–Trinajstić information content (AvgIpc) is 2.45. The van der Waals surface area contributed by atoms with Gasteiger partial charge in [0, 0.05) is 11.1 Å². The number of halogens is 2. The number of hydrogen-bond acceptors (Lipinski definition) is 4. The largest absolute Gasteiger partial charge is 0.426 e. The van der Waals surface area contributed by atoms with E-state index in [1.807, 2.05) is 0 Å². The van der Waals surface area contributed by atoms with Gasteiger partial charge in [0.05, 0.1) is 12.8 Å². The third kappa shape index (κ3) is 5.18. The number of carbonyl (C=O) groups excluding carboxylic acids is 2. The molecular formula is C16H12ClFO4. The second kappa shape index (κ2) is 7.56. The normalized spacial score (nSPS) is 10.1. The van der Waals surface area contributed by atoms with Crippen molar-refractivity contribution in [2.75, 3.05) is 0 Å². The van der Waals surface area contributed by atoms with Crippen LogP contribution in [0.2, 0.25) is 5.02 Å². The van der Waals surface area contributed by atoms with Gasteiger partial charge in [-0.05, 0) is 30.3 Å². The van der Waals surface area contributed by atoms with Crippen LogP contribution >= 0.6 is 11.6 Å². The molecule has 6 heteroatoms. The van der Waals surface area contributed by atoms with Gasteiger partial charge in [-0.15, -0.1) is 0 Å². The first kappa shape index (κ1) is 16.0. The van der Waals surface area contributed by atoms with Gasteiger partial charge in [0.2, 0.25) is 0 Å². The molecule has 0 saturated carbocycles. The lowest BCUT2D eigenvalue weighted by molar-refractivity contribution is -0.140. The molecule has 2 aromatic rings. The van der Waals surface area contributed by atoms with Crippen molar-refractivity contribution in [3.63, 3.8) is 0 Å². The lowest BCUT2D eigenvalue weighted by Gasteiger charge is -2.05. The first-order valence-electron chi connectivity index (χ1n) is 6.45. The maximum atomic E-state index is 12.9. The molecule has 0 fully saturated rings. The van der Waals surface area contributed by atoms with Crippen molar-refractivity contribution in [1.82, 2.24) is 0 Å². The molecule has 0 aliphatic carbocycles. The molecule has 0 amide bonds. The molecule has 2 rings (SSSR count). The second-order valence-electron chi connectivity index (χ2n) is 4.36. The summed E-state index contributed by atoms with van der Waals surface area (Å²) < 4.78 is 22.9. The number of hydrogen-bond donors (Lipinski definition) is 0. The highest BCUT2D eigenvalue weighted by molar-refractivity contribution is 6.30. The van der Waals surface area contributed by atoms with Gasteiger partial charge in [-0.25, -0.2) is 4.39 Å².